The third kappa shape index (κ3) is 7.19. The number of aryl methyl sites for hydroxylation is 2. The molecule has 0 unspecified atom stereocenters. The first-order chi connectivity index (χ1) is 20.0. The molecule has 3 aromatic carbocycles. The van der Waals surface area contributed by atoms with E-state index in [1.54, 1.807) is 0 Å². The third-order valence-corrected chi connectivity index (χ3v) is 8.91. The van der Waals surface area contributed by atoms with Crippen molar-refractivity contribution in [1.82, 2.24) is 4.98 Å². The summed E-state index contributed by atoms with van der Waals surface area (Å²) in [5.74, 6) is 0.547. The molecule has 1 N–H and O–H groups in total. The van der Waals surface area contributed by atoms with E-state index < -0.39 is 0 Å². The quantitative estimate of drug-likeness (QED) is 0.111. The van der Waals surface area contributed by atoms with Crippen LogP contribution in [-0.2, 0) is 30.3 Å². The van der Waals surface area contributed by atoms with Crippen LogP contribution in [0, 0.1) is 31.7 Å². The average molecular weight is 753 g/mol. The number of nitrogens with zero attached hydrogens (tertiary/aromatic N) is 1. The molecule has 3 nitrogen and oxygen atoms in total. The van der Waals surface area contributed by atoms with E-state index in [-0.39, 0.29) is 48.9 Å². The number of fused-ring (bicyclic) bond motifs is 4. The van der Waals surface area contributed by atoms with Gasteiger partial charge in [-0.3, -0.25) is 4.79 Å². The molecule has 1 radical (unpaired) electrons. The van der Waals surface area contributed by atoms with Crippen molar-refractivity contribution in [3.63, 3.8) is 0 Å². The van der Waals surface area contributed by atoms with Crippen molar-refractivity contribution in [1.29, 1.82) is 0 Å². The largest absolute Gasteiger partial charge is 0.512 e. The van der Waals surface area contributed by atoms with Gasteiger partial charge in [0.05, 0.1) is 5.76 Å². The number of carbonyl (C=O) groups excluding carboxylic acids is 1. The van der Waals surface area contributed by atoms with Crippen LogP contribution in [0.15, 0.2) is 72.6 Å². The number of rotatable bonds is 8. The Kier molecular flexibility index (Phi) is 11.7. The summed E-state index contributed by atoms with van der Waals surface area (Å²) in [4.78, 5) is 16.5. The molecule has 0 bridgehead atoms. The molecule has 0 amide bonds. The summed E-state index contributed by atoms with van der Waals surface area (Å²) in [5.41, 5.74) is 9.80. The molecule has 0 spiro atoms. The van der Waals surface area contributed by atoms with Gasteiger partial charge in [0.1, 0.15) is 0 Å². The van der Waals surface area contributed by atoms with Crippen molar-refractivity contribution < 1.29 is 30.0 Å². The minimum absolute atomic E-state index is 0. The molecule has 43 heavy (non-hydrogen) atoms. The van der Waals surface area contributed by atoms with Gasteiger partial charge in [-0.15, -0.1) is 34.9 Å². The van der Waals surface area contributed by atoms with E-state index in [0.29, 0.717) is 0 Å². The maximum absolute atomic E-state index is 11.7. The molecule has 0 fully saturated rings. The van der Waals surface area contributed by atoms with E-state index in [4.69, 9.17) is 4.98 Å². The van der Waals surface area contributed by atoms with Gasteiger partial charge in [0.15, 0.2) is 5.78 Å². The molecule has 1 heterocycles. The number of hydrogen-bond donors (Lipinski definition) is 1. The number of aliphatic hydroxyl groups excluding tert-OH is 1. The first-order valence-electron chi connectivity index (χ1n) is 15.5. The Morgan fingerprint density at radius 2 is 1.49 bits per heavy atom. The van der Waals surface area contributed by atoms with Crippen molar-refractivity contribution in [2.24, 2.45) is 11.8 Å². The Bertz CT molecular complexity index is 1590. The number of ketones is 1. The number of aromatic nitrogens is 1. The van der Waals surface area contributed by atoms with Crippen LogP contribution in [0.4, 0.5) is 0 Å². The number of hydrogen-bond acceptors (Lipinski definition) is 3. The van der Waals surface area contributed by atoms with Crippen LogP contribution in [-0.4, -0.2) is 15.9 Å². The minimum atomic E-state index is -0.0935. The van der Waals surface area contributed by atoms with E-state index >= 15 is 0 Å². The Labute approximate surface area is 272 Å². The zero-order valence-corrected chi connectivity index (χ0v) is 29.4. The summed E-state index contributed by atoms with van der Waals surface area (Å²) in [6, 6.07) is 23.4. The number of benzene rings is 3. The molecule has 1 aliphatic carbocycles. The van der Waals surface area contributed by atoms with Crippen LogP contribution in [0.5, 0.6) is 0 Å². The van der Waals surface area contributed by atoms with Crippen LogP contribution in [0.25, 0.3) is 33.2 Å². The second-order valence-corrected chi connectivity index (χ2v) is 12.2. The number of carbonyl (C=O) groups is 1. The summed E-state index contributed by atoms with van der Waals surface area (Å²) >= 11 is 0. The normalized spacial score (nSPS) is 13.3. The van der Waals surface area contributed by atoms with Gasteiger partial charge in [0, 0.05) is 49.6 Å². The van der Waals surface area contributed by atoms with Crippen molar-refractivity contribution in [2.45, 2.75) is 86.5 Å². The predicted molar refractivity (Wildman–Crippen MR) is 177 cm³/mol. The molecule has 1 aromatic heterocycles. The summed E-state index contributed by atoms with van der Waals surface area (Å²) in [7, 11) is 0. The smallest absolute Gasteiger partial charge is 0.162 e. The van der Waals surface area contributed by atoms with Gasteiger partial charge in [0.25, 0.3) is 0 Å². The second kappa shape index (κ2) is 14.6. The van der Waals surface area contributed by atoms with Gasteiger partial charge < -0.3 is 10.1 Å². The molecule has 4 heteroatoms. The van der Waals surface area contributed by atoms with Crippen LogP contribution < -0.4 is 0 Å². The molecule has 5 rings (SSSR count). The van der Waals surface area contributed by atoms with Crippen molar-refractivity contribution in [2.75, 3.05) is 0 Å². The summed E-state index contributed by atoms with van der Waals surface area (Å²) in [6.45, 7) is 17.0. The van der Waals surface area contributed by atoms with Gasteiger partial charge >= 0.3 is 0 Å². The molecular formula is C39H46IrNO2-. The number of allylic oxidation sites excluding steroid dienone is 2. The summed E-state index contributed by atoms with van der Waals surface area (Å²) < 4.78 is 0. The molecule has 4 aromatic rings. The van der Waals surface area contributed by atoms with Crippen molar-refractivity contribution in [3.8, 4) is 22.4 Å². The summed E-state index contributed by atoms with van der Waals surface area (Å²) in [5, 5.41) is 12.3. The van der Waals surface area contributed by atoms with Crippen LogP contribution in [0.1, 0.15) is 89.5 Å². The molecule has 0 atom stereocenters. The molecular weight excluding hydrogens is 707 g/mol. The van der Waals surface area contributed by atoms with E-state index in [2.05, 4.69) is 88.4 Å². The molecule has 229 valence electrons. The van der Waals surface area contributed by atoms with E-state index in [1.807, 2.05) is 33.9 Å². The molecule has 1 aliphatic rings. The van der Waals surface area contributed by atoms with E-state index in [0.717, 1.165) is 42.5 Å². The van der Waals surface area contributed by atoms with Gasteiger partial charge in [-0.05, 0) is 82.6 Å². The Morgan fingerprint density at radius 1 is 0.884 bits per heavy atom. The fraction of sp³-hybridized carbons (Fsp3) is 0.385. The second-order valence-electron chi connectivity index (χ2n) is 12.2. The molecule has 0 aliphatic heterocycles. The maximum atomic E-state index is 11.7. The first-order valence-corrected chi connectivity index (χ1v) is 15.5. The number of aliphatic hydroxyl groups is 1. The van der Waals surface area contributed by atoms with Gasteiger partial charge in [0.2, 0.25) is 0 Å². The van der Waals surface area contributed by atoms with Crippen LogP contribution in [0.3, 0.4) is 0 Å². The predicted octanol–water partition coefficient (Wildman–Crippen LogP) is 10.5. The maximum Gasteiger partial charge on any atom is 0.162 e. The van der Waals surface area contributed by atoms with Crippen LogP contribution >= 0.6 is 0 Å². The first kappa shape index (κ1) is 34.4. The SMILES string of the molecule is CCC(CC)C(=O)/C=C(\O)C(CC)CC.Cc1[c-]c(-c2nccc3c2C(C)(C)c2cc4ccccc4cc2-3)cc(C)c1.[Ir]. The molecule has 0 saturated carbocycles. The monoisotopic (exact) mass is 753 g/mol. The fourth-order valence-electron chi connectivity index (χ4n) is 6.44. The van der Waals surface area contributed by atoms with Crippen molar-refractivity contribution in [3.05, 3.63) is 101 Å². The van der Waals surface area contributed by atoms with E-state index in [9.17, 15) is 9.90 Å². The van der Waals surface area contributed by atoms with Crippen LogP contribution in [0.2, 0.25) is 0 Å². The molecule has 0 saturated heterocycles. The van der Waals surface area contributed by atoms with Gasteiger partial charge in [-0.1, -0.05) is 79.7 Å². The Morgan fingerprint density at radius 3 is 2.07 bits per heavy atom. The van der Waals surface area contributed by atoms with Crippen molar-refractivity contribution >= 4 is 16.6 Å². The zero-order valence-electron chi connectivity index (χ0n) is 27.0. The van der Waals surface area contributed by atoms with Gasteiger partial charge in [-0.2, -0.15) is 0 Å². The topological polar surface area (TPSA) is 50.2 Å². The number of pyridine rings is 1. The Balaban J connectivity index is 0.000000274. The third-order valence-electron chi connectivity index (χ3n) is 8.91. The summed E-state index contributed by atoms with van der Waals surface area (Å²) in [6.07, 6.45) is 6.85. The Hall–Kier alpha value is -3.07. The fourth-order valence-corrected chi connectivity index (χ4v) is 6.44. The van der Waals surface area contributed by atoms with Gasteiger partial charge in [-0.25, -0.2) is 0 Å². The average Bonchev–Trinajstić information content (AvgIpc) is 3.19. The minimum Gasteiger partial charge on any atom is -0.512 e. The standard InChI is InChI=1S/C26H22N.C13H24O2.Ir/c1-16-11-17(2)13-20(12-16)25-24-21(9-10-27-25)22-14-18-7-5-6-8-19(18)15-23(22)26(24,3)4;1-5-10(6-2)12(14)9-13(15)11(7-3)8-4;/h5-12,14-15H,1-4H3;9-11,14H,5-8H2,1-4H3;/q-1;;/b;12-9-;. The zero-order chi connectivity index (χ0) is 30.6. The van der Waals surface area contributed by atoms with E-state index in [1.165, 1.54) is 44.7 Å².